The van der Waals surface area contributed by atoms with Gasteiger partial charge in [0.2, 0.25) is 6.79 Å². The second-order valence-corrected chi connectivity index (χ2v) is 5.82. The summed E-state index contributed by atoms with van der Waals surface area (Å²) in [4.78, 5) is 24.4. The SMILES string of the molecule is CC(=O)c1cc2c(cc1NC(=O)[C@H](C)Oc1ccccc1C)OCO2. The van der Waals surface area contributed by atoms with Crippen molar-refractivity contribution in [3.63, 3.8) is 0 Å². The second-order valence-electron chi connectivity index (χ2n) is 5.82. The highest BCUT2D eigenvalue weighted by atomic mass is 16.7. The summed E-state index contributed by atoms with van der Waals surface area (Å²) in [5.74, 6) is 1.09. The molecule has 3 rings (SSSR count). The minimum absolute atomic E-state index is 0.0941. The Kier molecular flexibility index (Phi) is 4.61. The van der Waals surface area contributed by atoms with E-state index in [1.807, 2.05) is 25.1 Å². The number of aryl methyl sites for hydroxylation is 1. The Morgan fingerprint density at radius 1 is 1.16 bits per heavy atom. The molecule has 0 saturated carbocycles. The molecular weight excluding hydrogens is 322 g/mol. The number of para-hydroxylation sites is 1. The van der Waals surface area contributed by atoms with Crippen molar-refractivity contribution in [3.8, 4) is 17.2 Å². The fraction of sp³-hybridized carbons (Fsp3) is 0.263. The van der Waals surface area contributed by atoms with Gasteiger partial charge in [-0.3, -0.25) is 9.59 Å². The Hall–Kier alpha value is -3.02. The molecule has 130 valence electrons. The Balaban J connectivity index is 1.78. The van der Waals surface area contributed by atoms with E-state index in [0.717, 1.165) is 5.56 Å². The molecule has 6 nitrogen and oxygen atoms in total. The van der Waals surface area contributed by atoms with Gasteiger partial charge in [-0.2, -0.15) is 0 Å². The van der Waals surface area contributed by atoms with E-state index >= 15 is 0 Å². The third kappa shape index (κ3) is 3.57. The van der Waals surface area contributed by atoms with Gasteiger partial charge in [0.15, 0.2) is 23.4 Å². The van der Waals surface area contributed by atoms with Crippen LogP contribution >= 0.6 is 0 Å². The van der Waals surface area contributed by atoms with E-state index in [2.05, 4.69) is 5.32 Å². The van der Waals surface area contributed by atoms with E-state index in [4.69, 9.17) is 14.2 Å². The van der Waals surface area contributed by atoms with Crippen LogP contribution in [0.25, 0.3) is 0 Å². The largest absolute Gasteiger partial charge is 0.481 e. The molecule has 0 bridgehead atoms. The monoisotopic (exact) mass is 341 g/mol. The van der Waals surface area contributed by atoms with Crippen molar-refractivity contribution < 1.29 is 23.8 Å². The molecular formula is C19H19NO5. The molecule has 1 amide bonds. The minimum Gasteiger partial charge on any atom is -0.481 e. The zero-order valence-electron chi connectivity index (χ0n) is 14.3. The third-order valence-electron chi connectivity index (χ3n) is 3.92. The number of nitrogens with one attached hydrogen (secondary N) is 1. The maximum atomic E-state index is 12.5. The van der Waals surface area contributed by atoms with Crippen molar-refractivity contribution in [1.82, 2.24) is 0 Å². The van der Waals surface area contributed by atoms with Gasteiger partial charge >= 0.3 is 0 Å². The molecule has 0 unspecified atom stereocenters. The standard InChI is InChI=1S/C19H19NO5/c1-11-6-4-5-7-16(11)25-13(3)19(22)20-15-9-18-17(23-10-24-18)8-14(15)12(2)21/h4-9,13H,10H2,1-3H3,(H,20,22)/t13-/m0/s1. The van der Waals surface area contributed by atoms with Crippen molar-refractivity contribution in [2.75, 3.05) is 12.1 Å². The Labute approximate surface area is 145 Å². The highest BCUT2D eigenvalue weighted by Crippen LogP contribution is 2.37. The summed E-state index contributed by atoms with van der Waals surface area (Å²) in [6, 6.07) is 10.6. The van der Waals surface area contributed by atoms with Gasteiger partial charge in [-0.15, -0.1) is 0 Å². The molecule has 2 aromatic rings. The van der Waals surface area contributed by atoms with E-state index in [-0.39, 0.29) is 18.5 Å². The van der Waals surface area contributed by atoms with Crippen LogP contribution in [-0.2, 0) is 4.79 Å². The molecule has 6 heteroatoms. The van der Waals surface area contributed by atoms with E-state index in [9.17, 15) is 9.59 Å². The lowest BCUT2D eigenvalue weighted by Crippen LogP contribution is -2.30. The van der Waals surface area contributed by atoms with Crippen LogP contribution in [0.15, 0.2) is 36.4 Å². The van der Waals surface area contributed by atoms with Crippen molar-refractivity contribution in [1.29, 1.82) is 0 Å². The lowest BCUT2D eigenvalue weighted by molar-refractivity contribution is -0.122. The van der Waals surface area contributed by atoms with Gasteiger partial charge in [0.05, 0.1) is 5.69 Å². The van der Waals surface area contributed by atoms with Gasteiger partial charge in [0, 0.05) is 11.6 Å². The van der Waals surface area contributed by atoms with Crippen molar-refractivity contribution in [2.24, 2.45) is 0 Å². The number of rotatable bonds is 5. The van der Waals surface area contributed by atoms with Gasteiger partial charge < -0.3 is 19.5 Å². The third-order valence-corrected chi connectivity index (χ3v) is 3.92. The summed E-state index contributed by atoms with van der Waals surface area (Å²) < 4.78 is 16.3. The Morgan fingerprint density at radius 3 is 2.52 bits per heavy atom. The van der Waals surface area contributed by atoms with Gasteiger partial charge in [0.25, 0.3) is 5.91 Å². The molecule has 1 aliphatic heterocycles. The Morgan fingerprint density at radius 2 is 1.84 bits per heavy atom. The number of fused-ring (bicyclic) bond motifs is 1. The number of benzene rings is 2. The molecule has 1 atom stereocenters. The summed E-state index contributed by atoms with van der Waals surface area (Å²) in [6.45, 7) is 5.09. The highest BCUT2D eigenvalue weighted by Gasteiger charge is 2.22. The second kappa shape index (κ2) is 6.84. The molecule has 0 spiro atoms. The van der Waals surface area contributed by atoms with Crippen LogP contribution in [0, 0.1) is 6.92 Å². The van der Waals surface area contributed by atoms with Crippen LogP contribution in [0.3, 0.4) is 0 Å². The molecule has 0 fully saturated rings. The summed E-state index contributed by atoms with van der Waals surface area (Å²) in [5.41, 5.74) is 1.68. The van der Waals surface area contributed by atoms with Gasteiger partial charge in [-0.05, 0) is 38.5 Å². The number of carbonyl (C=O) groups excluding carboxylic acids is 2. The molecule has 0 aromatic heterocycles. The predicted octanol–water partition coefficient (Wildman–Crippen LogP) is 3.33. The van der Waals surface area contributed by atoms with E-state index in [1.54, 1.807) is 25.1 Å². The number of hydrogen-bond acceptors (Lipinski definition) is 5. The van der Waals surface area contributed by atoms with Crippen LogP contribution < -0.4 is 19.5 Å². The average molecular weight is 341 g/mol. The maximum Gasteiger partial charge on any atom is 0.265 e. The normalized spacial score (nSPS) is 13.2. The smallest absolute Gasteiger partial charge is 0.265 e. The van der Waals surface area contributed by atoms with Gasteiger partial charge in [-0.25, -0.2) is 0 Å². The first-order chi connectivity index (χ1) is 12.0. The number of carbonyl (C=O) groups is 2. The maximum absolute atomic E-state index is 12.5. The van der Waals surface area contributed by atoms with E-state index in [0.29, 0.717) is 28.5 Å². The molecule has 1 N–H and O–H groups in total. The zero-order valence-corrected chi connectivity index (χ0v) is 14.3. The first-order valence-electron chi connectivity index (χ1n) is 7.93. The topological polar surface area (TPSA) is 73.9 Å². The average Bonchev–Trinajstić information content (AvgIpc) is 3.03. The number of ketones is 1. The quantitative estimate of drug-likeness (QED) is 0.845. The van der Waals surface area contributed by atoms with Gasteiger partial charge in [-0.1, -0.05) is 18.2 Å². The first kappa shape index (κ1) is 16.8. The van der Waals surface area contributed by atoms with Crippen molar-refractivity contribution in [3.05, 3.63) is 47.5 Å². The number of amides is 1. The van der Waals surface area contributed by atoms with Crippen LogP contribution in [-0.4, -0.2) is 24.6 Å². The summed E-state index contributed by atoms with van der Waals surface area (Å²) in [6.07, 6.45) is -0.730. The van der Waals surface area contributed by atoms with Crippen LogP contribution in [0.4, 0.5) is 5.69 Å². The first-order valence-corrected chi connectivity index (χ1v) is 7.93. The number of hydrogen-bond donors (Lipinski definition) is 1. The zero-order chi connectivity index (χ0) is 18.0. The molecule has 0 saturated heterocycles. The lowest BCUT2D eigenvalue weighted by atomic mass is 10.1. The molecule has 1 heterocycles. The van der Waals surface area contributed by atoms with Crippen LogP contribution in [0.2, 0.25) is 0 Å². The number of anilines is 1. The molecule has 0 aliphatic carbocycles. The van der Waals surface area contributed by atoms with Crippen LogP contribution in [0.5, 0.6) is 17.2 Å². The molecule has 2 aromatic carbocycles. The fourth-order valence-corrected chi connectivity index (χ4v) is 2.50. The van der Waals surface area contributed by atoms with E-state index in [1.165, 1.54) is 6.92 Å². The summed E-state index contributed by atoms with van der Waals surface area (Å²) in [7, 11) is 0. The number of Topliss-reactive ketones (excluding diaryl/α,β-unsaturated/α-hetero) is 1. The van der Waals surface area contributed by atoms with E-state index < -0.39 is 6.10 Å². The number of ether oxygens (including phenoxy) is 3. The summed E-state index contributed by atoms with van der Waals surface area (Å²) >= 11 is 0. The lowest BCUT2D eigenvalue weighted by Gasteiger charge is -2.17. The molecule has 1 aliphatic rings. The minimum atomic E-state index is -0.730. The van der Waals surface area contributed by atoms with Crippen LogP contribution in [0.1, 0.15) is 29.8 Å². The molecule has 25 heavy (non-hydrogen) atoms. The Bertz CT molecular complexity index is 831. The van der Waals surface area contributed by atoms with Gasteiger partial charge in [0.1, 0.15) is 5.75 Å². The fourth-order valence-electron chi connectivity index (χ4n) is 2.50. The predicted molar refractivity (Wildman–Crippen MR) is 92.5 cm³/mol. The molecule has 0 radical (unpaired) electrons. The van der Waals surface area contributed by atoms with Crippen molar-refractivity contribution in [2.45, 2.75) is 26.9 Å². The summed E-state index contributed by atoms with van der Waals surface area (Å²) in [5, 5.41) is 2.74. The highest BCUT2D eigenvalue weighted by molar-refractivity contribution is 6.05. The van der Waals surface area contributed by atoms with Crippen molar-refractivity contribution >= 4 is 17.4 Å².